The molecule has 1 rings (SSSR count). The summed E-state index contributed by atoms with van der Waals surface area (Å²) in [5.41, 5.74) is 5.61. The molecule has 1 aliphatic carbocycles. The van der Waals surface area contributed by atoms with Gasteiger partial charge in [0.15, 0.2) is 6.10 Å². The van der Waals surface area contributed by atoms with E-state index in [1.807, 2.05) is 13.8 Å². The molecule has 2 unspecified atom stereocenters. The normalized spacial score (nSPS) is 39.6. The lowest BCUT2D eigenvalue weighted by molar-refractivity contribution is -0.234. The van der Waals surface area contributed by atoms with Crippen LogP contribution in [0.4, 0.5) is 0 Å². The second kappa shape index (κ2) is 6.79. The van der Waals surface area contributed by atoms with E-state index in [1.165, 1.54) is 0 Å². The van der Waals surface area contributed by atoms with Gasteiger partial charge in [-0.25, -0.2) is 0 Å². The molecule has 0 aromatic carbocycles. The van der Waals surface area contributed by atoms with Crippen LogP contribution in [0.1, 0.15) is 20.3 Å². The number of carbonyl (C=O) groups is 1. The minimum atomic E-state index is -1.73. The molecular weight excluding hydrogens is 270 g/mol. The molecule has 8 heteroatoms. The van der Waals surface area contributed by atoms with Gasteiger partial charge >= 0.3 is 5.97 Å². The Bertz CT molecular complexity index is 322. The number of aliphatic hydroxyl groups is 5. The molecule has 1 saturated carbocycles. The van der Waals surface area contributed by atoms with Gasteiger partial charge in [-0.1, -0.05) is 13.8 Å². The zero-order chi connectivity index (χ0) is 15.6. The van der Waals surface area contributed by atoms with Gasteiger partial charge in [-0.15, -0.1) is 0 Å². The van der Waals surface area contributed by atoms with Crippen LogP contribution in [0.5, 0.6) is 0 Å². The van der Waals surface area contributed by atoms with Gasteiger partial charge in [0.2, 0.25) is 0 Å². The average Bonchev–Trinajstić information content (AvgIpc) is 2.38. The molecule has 0 bridgehead atoms. The molecule has 0 spiro atoms. The SMILES string of the molecule is CC(C)C[C@H](N)C(=O)OC1[C@@H](O)[C@H](O)C(O)[C@H](O)[C@@H]1O. The zero-order valence-electron chi connectivity index (χ0n) is 11.5. The van der Waals surface area contributed by atoms with E-state index in [1.54, 1.807) is 0 Å². The van der Waals surface area contributed by atoms with Crippen molar-refractivity contribution >= 4 is 5.97 Å². The van der Waals surface area contributed by atoms with Gasteiger partial charge in [0.1, 0.15) is 36.6 Å². The number of rotatable bonds is 4. The van der Waals surface area contributed by atoms with E-state index in [2.05, 4.69) is 0 Å². The Labute approximate surface area is 116 Å². The molecule has 0 aromatic heterocycles. The molecule has 0 radical (unpaired) electrons. The smallest absolute Gasteiger partial charge is 0.323 e. The molecule has 8 nitrogen and oxygen atoms in total. The molecule has 0 aromatic rings. The van der Waals surface area contributed by atoms with Crippen LogP contribution in [-0.4, -0.2) is 74.2 Å². The van der Waals surface area contributed by atoms with Gasteiger partial charge in [-0.05, 0) is 12.3 Å². The predicted molar refractivity (Wildman–Crippen MR) is 67.3 cm³/mol. The summed E-state index contributed by atoms with van der Waals surface area (Å²) in [5, 5.41) is 47.8. The van der Waals surface area contributed by atoms with Crippen molar-refractivity contribution in [2.75, 3.05) is 0 Å². The lowest BCUT2D eigenvalue weighted by Crippen LogP contribution is -2.65. The molecule has 0 heterocycles. The van der Waals surface area contributed by atoms with Crippen molar-refractivity contribution < 1.29 is 35.1 Å². The minimum absolute atomic E-state index is 0.150. The first-order valence-corrected chi connectivity index (χ1v) is 6.53. The molecule has 118 valence electrons. The highest BCUT2D eigenvalue weighted by molar-refractivity contribution is 5.75. The Kier molecular flexibility index (Phi) is 5.87. The molecule has 1 fully saturated rings. The van der Waals surface area contributed by atoms with Crippen molar-refractivity contribution in [2.45, 2.75) is 62.9 Å². The summed E-state index contributed by atoms with van der Waals surface area (Å²) in [7, 11) is 0. The van der Waals surface area contributed by atoms with Crippen LogP contribution >= 0.6 is 0 Å². The first-order valence-electron chi connectivity index (χ1n) is 6.53. The van der Waals surface area contributed by atoms with Gasteiger partial charge in [-0.2, -0.15) is 0 Å². The molecule has 1 aliphatic rings. The Morgan fingerprint density at radius 1 is 1.00 bits per heavy atom. The van der Waals surface area contributed by atoms with Gasteiger partial charge in [0, 0.05) is 0 Å². The predicted octanol–water partition coefficient (Wildman–Crippen LogP) is -2.91. The third kappa shape index (κ3) is 3.66. The maximum absolute atomic E-state index is 11.7. The van der Waals surface area contributed by atoms with E-state index in [9.17, 15) is 30.3 Å². The van der Waals surface area contributed by atoms with Gasteiger partial charge < -0.3 is 36.0 Å². The molecule has 7 N–H and O–H groups in total. The molecule has 20 heavy (non-hydrogen) atoms. The van der Waals surface area contributed by atoms with Crippen molar-refractivity contribution in [2.24, 2.45) is 11.7 Å². The van der Waals surface area contributed by atoms with Crippen molar-refractivity contribution in [3.8, 4) is 0 Å². The number of nitrogens with two attached hydrogens (primary N) is 1. The number of aliphatic hydroxyl groups excluding tert-OH is 5. The number of carbonyl (C=O) groups excluding carboxylic acids is 1. The number of esters is 1. The number of hydrogen-bond acceptors (Lipinski definition) is 8. The highest BCUT2D eigenvalue weighted by Crippen LogP contribution is 2.24. The standard InChI is InChI=1S/C12H23NO7/c1-4(2)3-5(13)12(19)20-11-9(17)7(15)6(14)8(16)10(11)18/h4-11,14-18H,3,13H2,1-2H3/t5-,6?,7-,8+,9-,10-,11?/m0/s1. The van der Waals surface area contributed by atoms with Crippen molar-refractivity contribution in [1.82, 2.24) is 0 Å². The third-order valence-corrected chi connectivity index (χ3v) is 3.35. The van der Waals surface area contributed by atoms with Crippen molar-refractivity contribution in [1.29, 1.82) is 0 Å². The van der Waals surface area contributed by atoms with E-state index in [-0.39, 0.29) is 5.92 Å². The van der Waals surface area contributed by atoms with E-state index in [4.69, 9.17) is 10.5 Å². The van der Waals surface area contributed by atoms with Crippen LogP contribution in [0.3, 0.4) is 0 Å². The van der Waals surface area contributed by atoms with Crippen LogP contribution in [0.2, 0.25) is 0 Å². The topological polar surface area (TPSA) is 153 Å². The van der Waals surface area contributed by atoms with Crippen LogP contribution in [0.15, 0.2) is 0 Å². The van der Waals surface area contributed by atoms with Crippen LogP contribution in [-0.2, 0) is 9.53 Å². The minimum Gasteiger partial charge on any atom is -0.455 e. The van der Waals surface area contributed by atoms with Crippen LogP contribution in [0, 0.1) is 5.92 Å². The molecule has 0 aliphatic heterocycles. The van der Waals surface area contributed by atoms with Crippen molar-refractivity contribution in [3.05, 3.63) is 0 Å². The summed E-state index contributed by atoms with van der Waals surface area (Å²) in [6.07, 6.45) is -9.79. The first-order chi connectivity index (χ1) is 9.16. The zero-order valence-corrected chi connectivity index (χ0v) is 11.5. The summed E-state index contributed by atoms with van der Waals surface area (Å²) in [5.74, 6) is -0.700. The summed E-state index contributed by atoms with van der Waals surface area (Å²) in [4.78, 5) is 11.7. The fourth-order valence-electron chi connectivity index (χ4n) is 2.16. The summed E-state index contributed by atoms with van der Waals surface area (Å²) in [6.45, 7) is 3.72. The van der Waals surface area contributed by atoms with E-state index >= 15 is 0 Å². The molecule has 7 atom stereocenters. The maximum atomic E-state index is 11.7. The number of ether oxygens (including phenoxy) is 1. The molecular formula is C12H23NO7. The van der Waals surface area contributed by atoms with Gasteiger partial charge in [0.25, 0.3) is 0 Å². The van der Waals surface area contributed by atoms with E-state index in [0.717, 1.165) is 0 Å². The molecule has 0 amide bonds. The third-order valence-electron chi connectivity index (χ3n) is 3.35. The fraction of sp³-hybridized carbons (Fsp3) is 0.917. The lowest BCUT2D eigenvalue weighted by atomic mass is 9.85. The Balaban J connectivity index is 2.72. The second-order valence-corrected chi connectivity index (χ2v) is 5.59. The number of hydrogen-bond donors (Lipinski definition) is 6. The van der Waals surface area contributed by atoms with Gasteiger partial charge in [0.05, 0.1) is 0 Å². The largest absolute Gasteiger partial charge is 0.455 e. The monoisotopic (exact) mass is 293 g/mol. The first kappa shape index (κ1) is 17.3. The molecule has 0 saturated heterocycles. The fourth-order valence-corrected chi connectivity index (χ4v) is 2.16. The highest BCUT2D eigenvalue weighted by Gasteiger charge is 2.50. The summed E-state index contributed by atoms with van der Waals surface area (Å²) >= 11 is 0. The summed E-state index contributed by atoms with van der Waals surface area (Å²) < 4.78 is 4.87. The van der Waals surface area contributed by atoms with Crippen molar-refractivity contribution in [3.63, 3.8) is 0 Å². The second-order valence-electron chi connectivity index (χ2n) is 5.59. The lowest BCUT2D eigenvalue weighted by Gasteiger charge is -2.41. The maximum Gasteiger partial charge on any atom is 0.323 e. The van der Waals surface area contributed by atoms with Crippen LogP contribution < -0.4 is 5.73 Å². The highest BCUT2D eigenvalue weighted by atomic mass is 16.6. The van der Waals surface area contributed by atoms with E-state index < -0.39 is 48.6 Å². The van der Waals surface area contributed by atoms with E-state index in [0.29, 0.717) is 6.42 Å². The average molecular weight is 293 g/mol. The Morgan fingerprint density at radius 3 is 1.80 bits per heavy atom. The Hall–Kier alpha value is -0.770. The Morgan fingerprint density at radius 2 is 1.40 bits per heavy atom. The van der Waals surface area contributed by atoms with Crippen LogP contribution in [0.25, 0.3) is 0 Å². The quantitative estimate of drug-likeness (QED) is 0.302. The van der Waals surface area contributed by atoms with Gasteiger partial charge in [-0.3, -0.25) is 4.79 Å². The summed E-state index contributed by atoms with van der Waals surface area (Å²) in [6, 6.07) is -0.935.